The molecule has 3 heteroatoms. The number of nitrogens with one attached hydrogen (secondary N) is 1. The molecule has 1 aromatic carbocycles. The van der Waals surface area contributed by atoms with E-state index in [0.29, 0.717) is 6.04 Å². The van der Waals surface area contributed by atoms with E-state index >= 15 is 0 Å². The Kier molecular flexibility index (Phi) is 4.40. The van der Waals surface area contributed by atoms with Crippen molar-refractivity contribution in [3.05, 3.63) is 58.9 Å². The second-order valence-corrected chi connectivity index (χ2v) is 6.84. The van der Waals surface area contributed by atoms with Crippen molar-refractivity contribution in [3.8, 4) is 5.75 Å². The van der Waals surface area contributed by atoms with Gasteiger partial charge in [-0.05, 0) is 56.5 Å². The lowest BCUT2D eigenvalue weighted by Gasteiger charge is -2.40. The van der Waals surface area contributed by atoms with Gasteiger partial charge in [-0.25, -0.2) is 0 Å². The lowest BCUT2D eigenvalue weighted by molar-refractivity contribution is 0.0437. The van der Waals surface area contributed by atoms with Crippen LogP contribution in [0, 0.1) is 13.8 Å². The molecule has 23 heavy (non-hydrogen) atoms. The Morgan fingerprint density at radius 2 is 2.04 bits per heavy atom. The first-order valence-corrected chi connectivity index (χ1v) is 8.44. The molecule has 1 aliphatic rings. The van der Waals surface area contributed by atoms with Gasteiger partial charge in [0.15, 0.2) is 0 Å². The van der Waals surface area contributed by atoms with Gasteiger partial charge in [-0.1, -0.05) is 19.1 Å². The van der Waals surface area contributed by atoms with E-state index in [1.807, 2.05) is 18.3 Å². The van der Waals surface area contributed by atoms with Crippen LogP contribution < -0.4 is 10.1 Å². The summed E-state index contributed by atoms with van der Waals surface area (Å²) in [4.78, 5) is 4.41. The van der Waals surface area contributed by atoms with Crippen LogP contribution >= 0.6 is 0 Å². The van der Waals surface area contributed by atoms with Crippen LogP contribution in [0.15, 0.2) is 36.5 Å². The number of aromatic nitrogens is 1. The standard InChI is InChI=1S/C20H26N2O/c1-5-20(4)12-18(22-13-16-8-6-7-9-21-16)17-10-14(2)15(3)11-19(17)23-20/h6-11,18,22H,5,12-13H2,1-4H3. The highest BCUT2D eigenvalue weighted by molar-refractivity contribution is 5.45. The van der Waals surface area contributed by atoms with Crippen LogP contribution in [0.2, 0.25) is 0 Å². The van der Waals surface area contributed by atoms with Gasteiger partial charge >= 0.3 is 0 Å². The first-order valence-electron chi connectivity index (χ1n) is 8.44. The number of nitrogens with zero attached hydrogens (tertiary/aromatic N) is 1. The minimum Gasteiger partial charge on any atom is -0.487 e. The number of hydrogen-bond acceptors (Lipinski definition) is 3. The van der Waals surface area contributed by atoms with Crippen molar-refractivity contribution >= 4 is 0 Å². The third kappa shape index (κ3) is 3.40. The largest absolute Gasteiger partial charge is 0.487 e. The molecule has 0 radical (unpaired) electrons. The molecule has 1 aromatic heterocycles. The predicted octanol–water partition coefficient (Wildman–Crippen LogP) is 4.48. The molecule has 0 saturated heterocycles. The van der Waals surface area contributed by atoms with E-state index in [-0.39, 0.29) is 5.60 Å². The van der Waals surface area contributed by atoms with Crippen LogP contribution in [0.3, 0.4) is 0 Å². The summed E-state index contributed by atoms with van der Waals surface area (Å²) in [6.45, 7) is 9.49. The minimum atomic E-state index is -0.115. The van der Waals surface area contributed by atoms with Crippen molar-refractivity contribution in [1.29, 1.82) is 0 Å². The maximum Gasteiger partial charge on any atom is 0.125 e. The molecule has 0 saturated carbocycles. The second-order valence-electron chi connectivity index (χ2n) is 6.84. The van der Waals surface area contributed by atoms with Gasteiger partial charge in [-0.15, -0.1) is 0 Å². The lowest BCUT2D eigenvalue weighted by Crippen LogP contribution is -2.41. The maximum atomic E-state index is 6.33. The van der Waals surface area contributed by atoms with E-state index in [1.54, 1.807) is 0 Å². The van der Waals surface area contributed by atoms with E-state index in [9.17, 15) is 0 Å². The monoisotopic (exact) mass is 310 g/mol. The number of aryl methyl sites for hydroxylation is 2. The average Bonchev–Trinajstić information content (AvgIpc) is 2.55. The fourth-order valence-electron chi connectivity index (χ4n) is 3.15. The van der Waals surface area contributed by atoms with E-state index < -0.39 is 0 Å². The zero-order chi connectivity index (χ0) is 16.4. The van der Waals surface area contributed by atoms with Gasteiger partial charge in [-0.2, -0.15) is 0 Å². The summed E-state index contributed by atoms with van der Waals surface area (Å²) in [5, 5.41) is 3.69. The highest BCUT2D eigenvalue weighted by Gasteiger charge is 2.36. The van der Waals surface area contributed by atoms with Crippen LogP contribution in [0.1, 0.15) is 55.1 Å². The molecule has 1 N–H and O–H groups in total. The first-order chi connectivity index (χ1) is 11.0. The quantitative estimate of drug-likeness (QED) is 0.904. The zero-order valence-corrected chi connectivity index (χ0v) is 14.5. The molecule has 2 unspecified atom stereocenters. The molecule has 2 heterocycles. The number of hydrogen-bond donors (Lipinski definition) is 1. The van der Waals surface area contributed by atoms with Crippen molar-refractivity contribution in [1.82, 2.24) is 10.3 Å². The first kappa shape index (κ1) is 16.0. The number of rotatable bonds is 4. The second kappa shape index (κ2) is 6.32. The summed E-state index contributed by atoms with van der Waals surface area (Å²) in [6, 6.07) is 10.8. The topological polar surface area (TPSA) is 34.2 Å². The van der Waals surface area contributed by atoms with Gasteiger partial charge in [0.1, 0.15) is 11.4 Å². The summed E-state index contributed by atoms with van der Waals surface area (Å²) >= 11 is 0. The van der Waals surface area contributed by atoms with E-state index in [2.05, 4.69) is 56.2 Å². The van der Waals surface area contributed by atoms with Crippen LogP contribution in [-0.2, 0) is 6.54 Å². The Balaban J connectivity index is 1.88. The molecule has 2 atom stereocenters. The van der Waals surface area contributed by atoms with Crippen molar-refractivity contribution in [2.45, 2.75) is 58.7 Å². The normalized spacial score (nSPS) is 23.2. The molecule has 3 nitrogen and oxygen atoms in total. The summed E-state index contributed by atoms with van der Waals surface area (Å²) in [7, 11) is 0. The highest BCUT2D eigenvalue weighted by Crippen LogP contribution is 2.42. The summed E-state index contributed by atoms with van der Waals surface area (Å²) < 4.78 is 6.33. The van der Waals surface area contributed by atoms with Crippen LogP contribution in [-0.4, -0.2) is 10.6 Å². The third-order valence-electron chi connectivity index (χ3n) is 5.00. The predicted molar refractivity (Wildman–Crippen MR) is 93.7 cm³/mol. The number of pyridine rings is 1. The summed E-state index contributed by atoms with van der Waals surface area (Å²) in [5.74, 6) is 1.03. The highest BCUT2D eigenvalue weighted by atomic mass is 16.5. The summed E-state index contributed by atoms with van der Waals surface area (Å²) in [6.07, 6.45) is 3.82. The molecule has 0 aliphatic carbocycles. The molecule has 0 fully saturated rings. The third-order valence-corrected chi connectivity index (χ3v) is 5.00. The molecule has 0 bridgehead atoms. The fourth-order valence-corrected chi connectivity index (χ4v) is 3.15. The van der Waals surface area contributed by atoms with Gasteiger partial charge in [0.25, 0.3) is 0 Å². The molecule has 122 valence electrons. The smallest absolute Gasteiger partial charge is 0.125 e. The van der Waals surface area contributed by atoms with Crippen molar-refractivity contribution in [2.24, 2.45) is 0 Å². The Bertz CT molecular complexity index is 684. The number of benzene rings is 1. The molecule has 1 aliphatic heterocycles. The van der Waals surface area contributed by atoms with Crippen LogP contribution in [0.4, 0.5) is 0 Å². The lowest BCUT2D eigenvalue weighted by atomic mass is 9.85. The van der Waals surface area contributed by atoms with Gasteiger partial charge in [-0.3, -0.25) is 4.98 Å². The number of fused-ring (bicyclic) bond motifs is 1. The van der Waals surface area contributed by atoms with Crippen LogP contribution in [0.5, 0.6) is 5.75 Å². The van der Waals surface area contributed by atoms with Crippen molar-refractivity contribution in [2.75, 3.05) is 0 Å². The SMILES string of the molecule is CCC1(C)CC(NCc2ccccn2)c2cc(C)c(C)cc2O1. The molecule has 0 spiro atoms. The van der Waals surface area contributed by atoms with Gasteiger partial charge in [0, 0.05) is 30.8 Å². The van der Waals surface area contributed by atoms with Crippen LogP contribution in [0.25, 0.3) is 0 Å². The van der Waals surface area contributed by atoms with Gasteiger partial charge < -0.3 is 10.1 Å². The molecular formula is C20H26N2O. The Morgan fingerprint density at radius 3 is 2.74 bits per heavy atom. The van der Waals surface area contributed by atoms with Gasteiger partial charge in [0.05, 0.1) is 5.69 Å². The van der Waals surface area contributed by atoms with Crippen molar-refractivity contribution in [3.63, 3.8) is 0 Å². The Labute approximate surface area is 139 Å². The van der Waals surface area contributed by atoms with Gasteiger partial charge in [0.2, 0.25) is 0 Å². The molecular weight excluding hydrogens is 284 g/mol. The molecule has 3 rings (SSSR count). The fraction of sp³-hybridized carbons (Fsp3) is 0.450. The van der Waals surface area contributed by atoms with E-state index in [0.717, 1.165) is 30.8 Å². The minimum absolute atomic E-state index is 0.115. The maximum absolute atomic E-state index is 6.33. The zero-order valence-electron chi connectivity index (χ0n) is 14.5. The Morgan fingerprint density at radius 1 is 1.26 bits per heavy atom. The molecule has 2 aromatic rings. The summed E-state index contributed by atoms with van der Waals surface area (Å²) in [5.41, 5.74) is 4.83. The molecule has 0 amide bonds. The van der Waals surface area contributed by atoms with Crippen molar-refractivity contribution < 1.29 is 4.74 Å². The van der Waals surface area contributed by atoms with E-state index in [1.165, 1.54) is 16.7 Å². The number of ether oxygens (including phenoxy) is 1. The van der Waals surface area contributed by atoms with E-state index in [4.69, 9.17) is 4.74 Å². The Hall–Kier alpha value is -1.87. The average molecular weight is 310 g/mol.